The zero-order valence-electron chi connectivity index (χ0n) is 13.0. The second kappa shape index (κ2) is 7.57. The van der Waals surface area contributed by atoms with E-state index in [2.05, 4.69) is 48.7 Å². The Morgan fingerprint density at radius 1 is 1.33 bits per heavy atom. The van der Waals surface area contributed by atoms with Gasteiger partial charge in [0.1, 0.15) is 6.04 Å². The van der Waals surface area contributed by atoms with E-state index in [1.165, 1.54) is 5.56 Å². The highest BCUT2D eigenvalue weighted by atomic mass is 16.5. The van der Waals surface area contributed by atoms with Crippen molar-refractivity contribution in [1.82, 2.24) is 10.6 Å². The zero-order chi connectivity index (χ0) is 15.1. The number of amides is 1. The number of benzene rings is 1. The Labute approximate surface area is 127 Å². The molecule has 1 fully saturated rings. The fourth-order valence-electron chi connectivity index (χ4n) is 2.92. The molecule has 4 nitrogen and oxygen atoms in total. The maximum Gasteiger partial charge on any atom is 0.239 e. The number of rotatable bonds is 6. The van der Waals surface area contributed by atoms with E-state index < -0.39 is 0 Å². The molecule has 0 spiro atoms. The first kappa shape index (κ1) is 16.0. The molecule has 2 rings (SSSR count). The lowest BCUT2D eigenvalue weighted by Gasteiger charge is -2.33. The van der Waals surface area contributed by atoms with Crippen LogP contribution < -0.4 is 10.6 Å². The van der Waals surface area contributed by atoms with Gasteiger partial charge in [-0.3, -0.25) is 4.79 Å². The SMILES string of the molecule is CCC(CC)(CNC(=O)C1COCCN1)c1ccccc1. The number of carbonyl (C=O) groups is 1. The standard InChI is InChI=1S/C17H26N2O2/c1-3-17(4-2,14-8-6-5-7-9-14)13-19-16(20)15-12-21-11-10-18-15/h5-9,15,18H,3-4,10-13H2,1-2H3,(H,19,20). The van der Waals surface area contributed by atoms with Crippen LogP contribution in [0.1, 0.15) is 32.3 Å². The van der Waals surface area contributed by atoms with Crippen molar-refractivity contribution >= 4 is 5.91 Å². The number of carbonyl (C=O) groups excluding carboxylic acids is 1. The summed E-state index contributed by atoms with van der Waals surface area (Å²) in [6.45, 7) is 6.92. The van der Waals surface area contributed by atoms with E-state index in [1.807, 2.05) is 6.07 Å². The molecule has 1 aromatic carbocycles. The fraction of sp³-hybridized carbons (Fsp3) is 0.588. The van der Waals surface area contributed by atoms with E-state index in [-0.39, 0.29) is 17.4 Å². The highest BCUT2D eigenvalue weighted by molar-refractivity contribution is 5.82. The van der Waals surface area contributed by atoms with Crippen molar-refractivity contribution in [3.05, 3.63) is 35.9 Å². The van der Waals surface area contributed by atoms with Crippen molar-refractivity contribution in [2.24, 2.45) is 0 Å². The third-order valence-corrected chi connectivity index (χ3v) is 4.58. The molecule has 1 aliphatic heterocycles. The van der Waals surface area contributed by atoms with Gasteiger partial charge in [0.2, 0.25) is 5.91 Å². The third-order valence-electron chi connectivity index (χ3n) is 4.58. The van der Waals surface area contributed by atoms with Crippen molar-refractivity contribution in [2.45, 2.75) is 38.1 Å². The molecular weight excluding hydrogens is 264 g/mol. The molecule has 4 heteroatoms. The van der Waals surface area contributed by atoms with Crippen molar-refractivity contribution in [3.8, 4) is 0 Å². The predicted molar refractivity (Wildman–Crippen MR) is 84.3 cm³/mol. The van der Waals surface area contributed by atoms with Crippen LogP contribution in [0.3, 0.4) is 0 Å². The van der Waals surface area contributed by atoms with E-state index in [1.54, 1.807) is 0 Å². The van der Waals surface area contributed by atoms with E-state index in [4.69, 9.17) is 4.74 Å². The van der Waals surface area contributed by atoms with Crippen LogP contribution in [0.15, 0.2) is 30.3 Å². The van der Waals surface area contributed by atoms with Crippen LogP contribution in [-0.2, 0) is 14.9 Å². The van der Waals surface area contributed by atoms with Gasteiger partial charge in [-0.2, -0.15) is 0 Å². The lowest BCUT2D eigenvalue weighted by molar-refractivity contribution is -0.126. The molecule has 1 saturated heterocycles. The Hall–Kier alpha value is -1.39. The van der Waals surface area contributed by atoms with Gasteiger partial charge in [0.05, 0.1) is 13.2 Å². The first-order valence-corrected chi connectivity index (χ1v) is 7.86. The molecular formula is C17H26N2O2. The molecule has 1 heterocycles. The molecule has 1 aliphatic rings. The third kappa shape index (κ3) is 3.83. The number of hydrogen-bond acceptors (Lipinski definition) is 3. The highest BCUT2D eigenvalue weighted by Crippen LogP contribution is 2.30. The van der Waals surface area contributed by atoms with Crippen LogP contribution in [0, 0.1) is 0 Å². The van der Waals surface area contributed by atoms with Gasteiger partial charge in [0, 0.05) is 18.5 Å². The number of morpholine rings is 1. The van der Waals surface area contributed by atoms with Crippen LogP contribution in [0.5, 0.6) is 0 Å². The summed E-state index contributed by atoms with van der Waals surface area (Å²) in [7, 11) is 0. The summed E-state index contributed by atoms with van der Waals surface area (Å²) >= 11 is 0. The normalized spacial score (nSPS) is 19.2. The highest BCUT2D eigenvalue weighted by Gasteiger charge is 2.30. The fourth-order valence-corrected chi connectivity index (χ4v) is 2.92. The van der Waals surface area contributed by atoms with Crippen LogP contribution in [0.25, 0.3) is 0 Å². The van der Waals surface area contributed by atoms with Crippen molar-refractivity contribution < 1.29 is 9.53 Å². The molecule has 2 N–H and O–H groups in total. The molecule has 1 atom stereocenters. The van der Waals surface area contributed by atoms with Crippen LogP contribution in [0.2, 0.25) is 0 Å². The molecule has 0 aliphatic carbocycles. The van der Waals surface area contributed by atoms with Gasteiger partial charge in [0.15, 0.2) is 0 Å². The van der Waals surface area contributed by atoms with Crippen molar-refractivity contribution in [3.63, 3.8) is 0 Å². The molecule has 1 aromatic rings. The smallest absolute Gasteiger partial charge is 0.239 e. The lowest BCUT2D eigenvalue weighted by atomic mass is 9.76. The maximum absolute atomic E-state index is 12.3. The largest absolute Gasteiger partial charge is 0.378 e. The van der Waals surface area contributed by atoms with E-state index in [9.17, 15) is 4.79 Å². The molecule has 21 heavy (non-hydrogen) atoms. The van der Waals surface area contributed by atoms with Gasteiger partial charge in [-0.05, 0) is 18.4 Å². The molecule has 0 bridgehead atoms. The summed E-state index contributed by atoms with van der Waals surface area (Å²) in [5, 5.41) is 6.31. The Balaban J connectivity index is 2.01. The molecule has 1 amide bonds. The first-order valence-electron chi connectivity index (χ1n) is 7.86. The molecule has 0 aromatic heterocycles. The number of nitrogens with one attached hydrogen (secondary N) is 2. The van der Waals surface area contributed by atoms with Gasteiger partial charge in [0.25, 0.3) is 0 Å². The molecule has 0 radical (unpaired) electrons. The summed E-state index contributed by atoms with van der Waals surface area (Å²) in [4.78, 5) is 12.3. The van der Waals surface area contributed by atoms with E-state index in [0.717, 1.165) is 19.4 Å². The van der Waals surface area contributed by atoms with Crippen molar-refractivity contribution in [2.75, 3.05) is 26.3 Å². The monoisotopic (exact) mass is 290 g/mol. The van der Waals surface area contributed by atoms with Gasteiger partial charge in [-0.1, -0.05) is 44.2 Å². The van der Waals surface area contributed by atoms with Crippen LogP contribution >= 0.6 is 0 Å². The average Bonchev–Trinajstić information content (AvgIpc) is 2.58. The van der Waals surface area contributed by atoms with Gasteiger partial charge in [-0.15, -0.1) is 0 Å². The van der Waals surface area contributed by atoms with Gasteiger partial charge >= 0.3 is 0 Å². The van der Waals surface area contributed by atoms with Crippen LogP contribution in [0.4, 0.5) is 0 Å². The Kier molecular flexibility index (Phi) is 5.76. The Morgan fingerprint density at radius 3 is 2.62 bits per heavy atom. The minimum atomic E-state index is -0.221. The summed E-state index contributed by atoms with van der Waals surface area (Å²) in [6, 6.07) is 10.2. The quantitative estimate of drug-likeness (QED) is 0.840. The maximum atomic E-state index is 12.3. The van der Waals surface area contributed by atoms with E-state index in [0.29, 0.717) is 19.8 Å². The lowest BCUT2D eigenvalue weighted by Crippen LogP contribution is -2.53. The number of hydrogen-bond donors (Lipinski definition) is 2. The van der Waals surface area contributed by atoms with Crippen molar-refractivity contribution in [1.29, 1.82) is 0 Å². The minimum Gasteiger partial charge on any atom is -0.378 e. The molecule has 0 saturated carbocycles. The first-order chi connectivity index (χ1) is 10.2. The summed E-state index contributed by atoms with van der Waals surface area (Å²) in [5.74, 6) is 0.0388. The van der Waals surface area contributed by atoms with E-state index >= 15 is 0 Å². The van der Waals surface area contributed by atoms with Gasteiger partial charge < -0.3 is 15.4 Å². The summed E-state index contributed by atoms with van der Waals surface area (Å²) in [6.07, 6.45) is 2.00. The minimum absolute atomic E-state index is 0.00639. The second-order valence-electron chi connectivity index (χ2n) is 5.65. The average molecular weight is 290 g/mol. The topological polar surface area (TPSA) is 50.4 Å². The second-order valence-corrected chi connectivity index (χ2v) is 5.65. The summed E-state index contributed by atoms with van der Waals surface area (Å²) < 4.78 is 5.35. The molecule has 1 unspecified atom stereocenters. The number of ether oxygens (including phenoxy) is 1. The Bertz CT molecular complexity index is 437. The summed E-state index contributed by atoms with van der Waals surface area (Å²) in [5.41, 5.74) is 1.30. The van der Waals surface area contributed by atoms with Crippen LogP contribution in [-0.4, -0.2) is 38.3 Å². The molecule has 116 valence electrons. The van der Waals surface area contributed by atoms with Gasteiger partial charge in [-0.25, -0.2) is 0 Å². The predicted octanol–water partition coefficient (Wildman–Crippen LogP) is 1.85. The zero-order valence-corrected chi connectivity index (χ0v) is 13.0. The Morgan fingerprint density at radius 2 is 2.05 bits per heavy atom.